The lowest BCUT2D eigenvalue weighted by Crippen LogP contribution is -2.42. The molecule has 0 aliphatic carbocycles. The van der Waals surface area contributed by atoms with Gasteiger partial charge in [-0.3, -0.25) is 14.5 Å². The van der Waals surface area contributed by atoms with Crippen LogP contribution in [0.3, 0.4) is 0 Å². The van der Waals surface area contributed by atoms with Crippen LogP contribution in [0.1, 0.15) is 6.42 Å². The fourth-order valence-corrected chi connectivity index (χ4v) is 2.61. The van der Waals surface area contributed by atoms with Crippen LogP contribution in [-0.2, 0) is 9.59 Å². The Hall–Kier alpha value is -1.59. The molecular weight excluding hydrogens is 222 g/mol. The molecule has 0 bridgehead atoms. The standard InChI is InChI=1S/C10H15N5O2/c1-14-9(16)7-2-4-15(5-3-12-13-11)6-8(7)10(14)17/h7-8H,2-6H2,1H3/t7-,8+/m0/s1. The second-order valence-corrected chi connectivity index (χ2v) is 4.49. The molecule has 0 saturated carbocycles. The molecule has 2 saturated heterocycles. The molecule has 2 heterocycles. The van der Waals surface area contributed by atoms with E-state index in [9.17, 15) is 9.59 Å². The van der Waals surface area contributed by atoms with Crippen molar-refractivity contribution in [3.8, 4) is 0 Å². The smallest absolute Gasteiger partial charge is 0.234 e. The minimum atomic E-state index is -0.202. The van der Waals surface area contributed by atoms with Gasteiger partial charge in [0, 0.05) is 31.6 Å². The van der Waals surface area contributed by atoms with Crippen LogP contribution in [-0.4, -0.2) is 54.8 Å². The van der Waals surface area contributed by atoms with E-state index in [0.29, 0.717) is 19.6 Å². The number of hydrogen-bond donors (Lipinski definition) is 0. The number of imide groups is 1. The molecule has 2 fully saturated rings. The van der Waals surface area contributed by atoms with Crippen LogP contribution in [0.2, 0.25) is 0 Å². The van der Waals surface area contributed by atoms with Crippen molar-refractivity contribution in [2.24, 2.45) is 17.0 Å². The quantitative estimate of drug-likeness (QED) is 0.304. The summed E-state index contributed by atoms with van der Waals surface area (Å²) in [4.78, 5) is 29.6. The van der Waals surface area contributed by atoms with Gasteiger partial charge >= 0.3 is 0 Å². The molecule has 0 aromatic carbocycles. The van der Waals surface area contributed by atoms with E-state index < -0.39 is 0 Å². The monoisotopic (exact) mass is 237 g/mol. The van der Waals surface area contributed by atoms with Crippen molar-refractivity contribution in [1.29, 1.82) is 0 Å². The van der Waals surface area contributed by atoms with E-state index in [1.165, 1.54) is 4.90 Å². The largest absolute Gasteiger partial charge is 0.302 e. The maximum absolute atomic E-state index is 11.8. The van der Waals surface area contributed by atoms with Crippen molar-refractivity contribution >= 4 is 11.8 Å². The van der Waals surface area contributed by atoms with Gasteiger partial charge < -0.3 is 4.90 Å². The Labute approximate surface area is 99.0 Å². The van der Waals surface area contributed by atoms with E-state index in [1.54, 1.807) is 7.05 Å². The number of amides is 2. The van der Waals surface area contributed by atoms with Gasteiger partial charge in [0.1, 0.15) is 0 Å². The Morgan fingerprint density at radius 2 is 2.12 bits per heavy atom. The van der Waals surface area contributed by atoms with E-state index in [4.69, 9.17) is 5.53 Å². The zero-order chi connectivity index (χ0) is 12.4. The Balaban J connectivity index is 1.97. The zero-order valence-corrected chi connectivity index (χ0v) is 9.74. The van der Waals surface area contributed by atoms with Gasteiger partial charge in [0.25, 0.3) is 0 Å². The van der Waals surface area contributed by atoms with E-state index in [-0.39, 0.29) is 23.7 Å². The lowest BCUT2D eigenvalue weighted by molar-refractivity contribution is -0.138. The molecule has 2 aliphatic rings. The van der Waals surface area contributed by atoms with Crippen LogP contribution in [0, 0.1) is 11.8 Å². The highest BCUT2D eigenvalue weighted by Gasteiger charge is 2.47. The molecule has 2 rings (SSSR count). The zero-order valence-electron chi connectivity index (χ0n) is 9.74. The van der Waals surface area contributed by atoms with Gasteiger partial charge in [-0.25, -0.2) is 0 Å². The Bertz CT molecular complexity index is 390. The van der Waals surface area contributed by atoms with Crippen molar-refractivity contribution in [3.05, 3.63) is 10.4 Å². The van der Waals surface area contributed by atoms with E-state index in [1.807, 2.05) is 0 Å². The van der Waals surface area contributed by atoms with Gasteiger partial charge in [0.05, 0.1) is 11.8 Å². The number of likely N-dealkylation sites (tertiary alicyclic amines) is 2. The summed E-state index contributed by atoms with van der Waals surface area (Å²) in [7, 11) is 1.55. The van der Waals surface area contributed by atoms with Crippen molar-refractivity contribution < 1.29 is 9.59 Å². The predicted molar refractivity (Wildman–Crippen MR) is 59.8 cm³/mol. The predicted octanol–water partition coefficient (Wildman–Crippen LogP) is 0.233. The number of fused-ring (bicyclic) bond motifs is 1. The molecule has 0 unspecified atom stereocenters. The van der Waals surface area contributed by atoms with Crippen molar-refractivity contribution in [2.45, 2.75) is 6.42 Å². The van der Waals surface area contributed by atoms with Crippen molar-refractivity contribution in [1.82, 2.24) is 9.80 Å². The molecule has 0 aromatic heterocycles. The van der Waals surface area contributed by atoms with Crippen molar-refractivity contribution in [2.75, 3.05) is 33.2 Å². The minimum Gasteiger partial charge on any atom is -0.302 e. The molecule has 0 radical (unpaired) electrons. The maximum atomic E-state index is 11.8. The van der Waals surface area contributed by atoms with Crippen LogP contribution >= 0.6 is 0 Å². The first-order chi connectivity index (χ1) is 8.15. The molecule has 92 valence electrons. The summed E-state index contributed by atoms with van der Waals surface area (Å²) >= 11 is 0. The second-order valence-electron chi connectivity index (χ2n) is 4.49. The summed E-state index contributed by atoms with van der Waals surface area (Å²) in [6.07, 6.45) is 0.718. The van der Waals surface area contributed by atoms with Crippen molar-refractivity contribution in [3.63, 3.8) is 0 Å². The molecule has 2 atom stereocenters. The number of nitrogens with zero attached hydrogens (tertiary/aromatic N) is 5. The molecule has 2 aliphatic heterocycles. The number of rotatable bonds is 3. The minimum absolute atomic E-state index is 0.0466. The summed E-state index contributed by atoms with van der Waals surface area (Å²) in [6, 6.07) is 0. The number of azide groups is 1. The highest BCUT2D eigenvalue weighted by Crippen LogP contribution is 2.32. The van der Waals surface area contributed by atoms with Crippen LogP contribution in [0.15, 0.2) is 5.11 Å². The number of carbonyl (C=O) groups is 2. The molecule has 17 heavy (non-hydrogen) atoms. The van der Waals surface area contributed by atoms with Gasteiger partial charge in [0.2, 0.25) is 11.8 Å². The van der Waals surface area contributed by atoms with Gasteiger partial charge in [-0.2, -0.15) is 0 Å². The fourth-order valence-electron chi connectivity index (χ4n) is 2.61. The first-order valence-corrected chi connectivity index (χ1v) is 5.69. The van der Waals surface area contributed by atoms with E-state index >= 15 is 0 Å². The molecule has 0 spiro atoms. The SMILES string of the molecule is CN1C(=O)[C@H]2CCN(CCN=[N+]=[N-])C[C@H]2C1=O. The lowest BCUT2D eigenvalue weighted by atomic mass is 9.88. The summed E-state index contributed by atoms with van der Waals surface area (Å²) in [5.41, 5.74) is 8.19. The van der Waals surface area contributed by atoms with Crippen LogP contribution in [0.5, 0.6) is 0 Å². The van der Waals surface area contributed by atoms with Gasteiger partial charge in [-0.05, 0) is 18.5 Å². The normalized spacial score (nSPS) is 29.1. The maximum Gasteiger partial charge on any atom is 0.234 e. The van der Waals surface area contributed by atoms with E-state index in [0.717, 1.165) is 13.0 Å². The fraction of sp³-hybridized carbons (Fsp3) is 0.800. The van der Waals surface area contributed by atoms with Gasteiger partial charge in [-0.1, -0.05) is 5.11 Å². The Morgan fingerprint density at radius 1 is 1.41 bits per heavy atom. The molecule has 7 heteroatoms. The van der Waals surface area contributed by atoms with Crippen LogP contribution < -0.4 is 0 Å². The van der Waals surface area contributed by atoms with Crippen LogP contribution in [0.4, 0.5) is 0 Å². The molecule has 0 N–H and O–H groups in total. The molecule has 2 amide bonds. The third-order valence-electron chi connectivity index (χ3n) is 3.57. The first kappa shape index (κ1) is 11.9. The molecule has 0 aromatic rings. The Morgan fingerprint density at radius 3 is 2.82 bits per heavy atom. The topological polar surface area (TPSA) is 89.4 Å². The third kappa shape index (κ3) is 2.11. The number of piperidine rings is 1. The Kier molecular flexibility index (Phi) is 3.31. The third-order valence-corrected chi connectivity index (χ3v) is 3.57. The average molecular weight is 237 g/mol. The summed E-state index contributed by atoms with van der Waals surface area (Å²) in [5.74, 6) is -0.460. The van der Waals surface area contributed by atoms with Crippen LogP contribution in [0.25, 0.3) is 10.4 Å². The van der Waals surface area contributed by atoms with Gasteiger partial charge in [-0.15, -0.1) is 0 Å². The highest BCUT2D eigenvalue weighted by molar-refractivity contribution is 6.05. The average Bonchev–Trinajstić information content (AvgIpc) is 2.55. The summed E-state index contributed by atoms with van der Waals surface area (Å²) in [6.45, 7) is 2.44. The highest BCUT2D eigenvalue weighted by atomic mass is 16.2. The molecular formula is C10H15N5O2. The molecule has 7 nitrogen and oxygen atoms in total. The van der Waals surface area contributed by atoms with E-state index in [2.05, 4.69) is 14.9 Å². The van der Waals surface area contributed by atoms with Gasteiger partial charge in [0.15, 0.2) is 0 Å². The summed E-state index contributed by atoms with van der Waals surface area (Å²) in [5, 5.41) is 3.48. The second kappa shape index (κ2) is 4.73. The number of carbonyl (C=O) groups excluding carboxylic acids is 2. The lowest BCUT2D eigenvalue weighted by Gasteiger charge is -2.31. The number of hydrogen-bond acceptors (Lipinski definition) is 4. The first-order valence-electron chi connectivity index (χ1n) is 5.69. The summed E-state index contributed by atoms with van der Waals surface area (Å²) < 4.78 is 0.